The van der Waals surface area contributed by atoms with Gasteiger partial charge >= 0.3 is 0 Å². The largest absolute Gasteiger partial charge is 0.0845 e. The van der Waals surface area contributed by atoms with Gasteiger partial charge in [-0.05, 0) is 43.9 Å². The molecule has 0 amide bonds. The van der Waals surface area contributed by atoms with Crippen LogP contribution in [0.15, 0.2) is 23.8 Å². The van der Waals surface area contributed by atoms with Crippen molar-refractivity contribution in [3.8, 4) is 0 Å². The van der Waals surface area contributed by atoms with Crippen molar-refractivity contribution in [2.24, 2.45) is 11.8 Å². The molecular formula is C15H24. The Bertz CT molecular complexity index is 247. The van der Waals surface area contributed by atoms with Crippen LogP contribution in [-0.2, 0) is 0 Å². The van der Waals surface area contributed by atoms with Gasteiger partial charge in [0.1, 0.15) is 0 Å². The Hall–Kier alpha value is -0.520. The minimum Gasteiger partial charge on any atom is -0.0845 e. The molecule has 1 fully saturated rings. The van der Waals surface area contributed by atoms with E-state index in [1.54, 1.807) is 5.57 Å². The van der Waals surface area contributed by atoms with Crippen molar-refractivity contribution in [2.45, 2.75) is 58.3 Å². The minimum absolute atomic E-state index is 0.928. The van der Waals surface area contributed by atoms with Crippen LogP contribution < -0.4 is 0 Å². The summed E-state index contributed by atoms with van der Waals surface area (Å²) < 4.78 is 0. The summed E-state index contributed by atoms with van der Waals surface area (Å²) in [5, 5.41) is 0. The quantitative estimate of drug-likeness (QED) is 0.571. The topological polar surface area (TPSA) is 0 Å². The summed E-state index contributed by atoms with van der Waals surface area (Å²) in [5.41, 5.74) is 1.75. The Kier molecular flexibility index (Phi) is 4.05. The lowest BCUT2D eigenvalue weighted by Crippen LogP contribution is -2.08. The Morgan fingerprint density at radius 3 is 3.00 bits per heavy atom. The second-order valence-electron chi connectivity index (χ2n) is 5.12. The van der Waals surface area contributed by atoms with E-state index >= 15 is 0 Å². The second kappa shape index (κ2) is 5.53. The highest BCUT2D eigenvalue weighted by Gasteiger charge is 2.29. The zero-order valence-corrected chi connectivity index (χ0v) is 10.0. The highest BCUT2D eigenvalue weighted by Crippen LogP contribution is 2.41. The Morgan fingerprint density at radius 2 is 2.13 bits per heavy atom. The molecule has 0 nitrogen and oxygen atoms in total. The molecule has 84 valence electrons. The molecule has 0 aromatic heterocycles. The molecule has 0 bridgehead atoms. The number of fused-ring (bicyclic) bond motifs is 1. The lowest BCUT2D eigenvalue weighted by atomic mass is 9.86. The van der Waals surface area contributed by atoms with E-state index in [0.717, 1.165) is 11.8 Å². The average Bonchev–Trinajstić information content (AvgIpc) is 2.66. The number of rotatable bonds is 1. The van der Waals surface area contributed by atoms with Crippen LogP contribution in [0.4, 0.5) is 0 Å². The summed E-state index contributed by atoms with van der Waals surface area (Å²) in [6, 6.07) is 0. The number of hydrogen-bond donors (Lipinski definition) is 0. The fourth-order valence-corrected chi connectivity index (χ4v) is 3.25. The van der Waals surface area contributed by atoms with Gasteiger partial charge < -0.3 is 0 Å². The molecule has 2 aliphatic rings. The van der Waals surface area contributed by atoms with Crippen LogP contribution in [0.25, 0.3) is 0 Å². The molecule has 0 radical (unpaired) electrons. The van der Waals surface area contributed by atoms with Gasteiger partial charge in [0.15, 0.2) is 0 Å². The lowest BCUT2D eigenvalue weighted by Gasteiger charge is -2.19. The molecule has 2 rings (SSSR count). The lowest BCUT2D eigenvalue weighted by molar-refractivity contribution is 0.374. The SMILES string of the molecule is CCC1CCC2=CC=CCCCCCC21. The van der Waals surface area contributed by atoms with Crippen LogP contribution >= 0.6 is 0 Å². The average molecular weight is 204 g/mol. The summed E-state index contributed by atoms with van der Waals surface area (Å²) >= 11 is 0. The van der Waals surface area contributed by atoms with Gasteiger partial charge in [0.25, 0.3) is 0 Å². The van der Waals surface area contributed by atoms with Crippen LogP contribution in [0.5, 0.6) is 0 Å². The molecule has 2 atom stereocenters. The summed E-state index contributed by atoms with van der Waals surface area (Å²) in [7, 11) is 0. The highest BCUT2D eigenvalue weighted by atomic mass is 14.3. The molecule has 0 heterocycles. The minimum atomic E-state index is 0.928. The summed E-state index contributed by atoms with van der Waals surface area (Å²) in [6.45, 7) is 2.36. The van der Waals surface area contributed by atoms with Gasteiger partial charge in [0, 0.05) is 0 Å². The summed E-state index contributed by atoms with van der Waals surface area (Å²) in [5.74, 6) is 1.92. The van der Waals surface area contributed by atoms with Crippen LogP contribution in [-0.4, -0.2) is 0 Å². The second-order valence-corrected chi connectivity index (χ2v) is 5.12. The zero-order valence-electron chi connectivity index (χ0n) is 10.0. The molecule has 0 aliphatic heterocycles. The van der Waals surface area contributed by atoms with E-state index in [9.17, 15) is 0 Å². The molecule has 1 saturated carbocycles. The molecule has 0 N–H and O–H groups in total. The maximum atomic E-state index is 2.42. The molecule has 0 aromatic carbocycles. The molecule has 0 spiro atoms. The van der Waals surface area contributed by atoms with Gasteiger partial charge in [-0.1, -0.05) is 50.0 Å². The first-order chi connectivity index (χ1) is 7.42. The van der Waals surface area contributed by atoms with Gasteiger partial charge in [-0.25, -0.2) is 0 Å². The van der Waals surface area contributed by atoms with Gasteiger partial charge in [-0.3, -0.25) is 0 Å². The van der Waals surface area contributed by atoms with Gasteiger partial charge in [-0.2, -0.15) is 0 Å². The third kappa shape index (κ3) is 2.74. The zero-order chi connectivity index (χ0) is 10.5. The van der Waals surface area contributed by atoms with E-state index in [2.05, 4.69) is 25.2 Å². The standard InChI is InChI=1S/C15H24/c1-2-13-11-12-14-9-7-5-3-4-6-8-10-15(13)14/h5,7,9,13,15H,2-4,6,8,10-12H2,1H3. The molecule has 0 heteroatoms. The number of allylic oxidation sites excluding steroid dienone is 4. The van der Waals surface area contributed by atoms with Crippen molar-refractivity contribution in [2.75, 3.05) is 0 Å². The fraction of sp³-hybridized carbons (Fsp3) is 0.733. The van der Waals surface area contributed by atoms with Crippen LogP contribution in [0.3, 0.4) is 0 Å². The van der Waals surface area contributed by atoms with Gasteiger partial charge in [-0.15, -0.1) is 0 Å². The first-order valence-corrected chi connectivity index (χ1v) is 6.77. The predicted molar refractivity (Wildman–Crippen MR) is 66.8 cm³/mol. The number of hydrogen-bond acceptors (Lipinski definition) is 0. The van der Waals surface area contributed by atoms with E-state index in [4.69, 9.17) is 0 Å². The van der Waals surface area contributed by atoms with Crippen molar-refractivity contribution >= 4 is 0 Å². The van der Waals surface area contributed by atoms with E-state index in [0.29, 0.717) is 0 Å². The molecular weight excluding hydrogens is 180 g/mol. The molecule has 2 aliphatic carbocycles. The van der Waals surface area contributed by atoms with Crippen LogP contribution in [0.1, 0.15) is 58.3 Å². The molecule has 0 saturated heterocycles. The molecule has 15 heavy (non-hydrogen) atoms. The predicted octanol–water partition coefficient (Wildman–Crippen LogP) is 4.87. The van der Waals surface area contributed by atoms with Crippen molar-refractivity contribution in [3.05, 3.63) is 23.8 Å². The van der Waals surface area contributed by atoms with Gasteiger partial charge in [0.05, 0.1) is 0 Å². The van der Waals surface area contributed by atoms with Crippen molar-refractivity contribution in [1.82, 2.24) is 0 Å². The van der Waals surface area contributed by atoms with E-state index in [-0.39, 0.29) is 0 Å². The smallest absolute Gasteiger partial charge is 0.0172 e. The monoisotopic (exact) mass is 204 g/mol. The van der Waals surface area contributed by atoms with Crippen molar-refractivity contribution in [3.63, 3.8) is 0 Å². The third-order valence-electron chi connectivity index (χ3n) is 4.21. The first kappa shape index (κ1) is 11.0. The highest BCUT2D eigenvalue weighted by molar-refractivity contribution is 5.20. The Balaban J connectivity index is 2.09. The molecule has 0 aromatic rings. The van der Waals surface area contributed by atoms with E-state index < -0.39 is 0 Å². The first-order valence-electron chi connectivity index (χ1n) is 6.77. The van der Waals surface area contributed by atoms with Crippen molar-refractivity contribution in [1.29, 1.82) is 0 Å². The van der Waals surface area contributed by atoms with Crippen LogP contribution in [0, 0.1) is 11.8 Å². The third-order valence-corrected chi connectivity index (χ3v) is 4.21. The summed E-state index contributed by atoms with van der Waals surface area (Å²) in [4.78, 5) is 0. The van der Waals surface area contributed by atoms with E-state index in [1.807, 2.05) is 0 Å². The van der Waals surface area contributed by atoms with Crippen molar-refractivity contribution < 1.29 is 0 Å². The maximum Gasteiger partial charge on any atom is -0.0172 e. The van der Waals surface area contributed by atoms with Crippen LogP contribution in [0.2, 0.25) is 0 Å². The fourth-order valence-electron chi connectivity index (χ4n) is 3.25. The maximum absolute atomic E-state index is 2.42. The van der Waals surface area contributed by atoms with Gasteiger partial charge in [0.2, 0.25) is 0 Å². The summed E-state index contributed by atoms with van der Waals surface area (Å²) in [6.07, 6.45) is 18.3. The Morgan fingerprint density at radius 1 is 1.20 bits per heavy atom. The normalized spacial score (nSPS) is 32.2. The van der Waals surface area contributed by atoms with E-state index in [1.165, 1.54) is 51.4 Å². The molecule has 2 unspecified atom stereocenters. The Labute approximate surface area is 94.5 Å².